The Kier molecular flexibility index (Phi) is 3.51. The lowest BCUT2D eigenvalue weighted by molar-refractivity contribution is 0.415. The van der Waals surface area contributed by atoms with E-state index in [2.05, 4.69) is 31.0 Å². The van der Waals surface area contributed by atoms with E-state index in [1.165, 1.54) is 0 Å². The highest BCUT2D eigenvalue weighted by Crippen LogP contribution is 2.37. The molecule has 1 aromatic heterocycles. The van der Waals surface area contributed by atoms with Crippen LogP contribution in [0, 0.1) is 0 Å². The number of H-pyrrole nitrogens is 1. The Morgan fingerprint density at radius 3 is 2.42 bits per heavy atom. The molecule has 0 spiro atoms. The number of anilines is 1. The van der Waals surface area contributed by atoms with Gasteiger partial charge < -0.3 is 10.5 Å². The van der Waals surface area contributed by atoms with Crippen molar-refractivity contribution in [3.63, 3.8) is 0 Å². The van der Waals surface area contributed by atoms with Gasteiger partial charge in [0.1, 0.15) is 5.75 Å². The topological polar surface area (TPSA) is 63.9 Å². The molecule has 0 aliphatic carbocycles. The fourth-order valence-electron chi connectivity index (χ4n) is 2.07. The zero-order valence-electron chi connectivity index (χ0n) is 11.9. The minimum atomic E-state index is 0.0138. The highest BCUT2D eigenvalue weighted by molar-refractivity contribution is 5.77. The summed E-state index contributed by atoms with van der Waals surface area (Å²) in [6.45, 7) is 6.54. The Bertz CT molecular complexity index is 555. The third kappa shape index (κ3) is 2.43. The number of nitrogen functional groups attached to an aromatic ring is 1. The lowest BCUT2D eigenvalue weighted by Crippen LogP contribution is -2.17. The number of hydrogen-bond donors (Lipinski definition) is 2. The molecular weight excluding hydrogens is 238 g/mol. The van der Waals surface area contributed by atoms with Crippen LogP contribution in [0.2, 0.25) is 0 Å². The van der Waals surface area contributed by atoms with Crippen LogP contribution in [0.1, 0.15) is 32.9 Å². The van der Waals surface area contributed by atoms with E-state index < -0.39 is 0 Å². The van der Waals surface area contributed by atoms with Gasteiger partial charge in [0.15, 0.2) is 5.82 Å². The molecule has 102 valence electrons. The van der Waals surface area contributed by atoms with Gasteiger partial charge in [0.05, 0.1) is 12.8 Å². The SMILES string of the molecule is CCC(C)(C)c1[nH]nc(N)c1-c1ccc(OC)cc1. The average molecular weight is 259 g/mol. The Morgan fingerprint density at radius 1 is 1.26 bits per heavy atom. The van der Waals surface area contributed by atoms with Crippen LogP contribution in [0.4, 0.5) is 5.82 Å². The second kappa shape index (κ2) is 4.96. The van der Waals surface area contributed by atoms with Crippen LogP contribution in [-0.4, -0.2) is 17.3 Å². The summed E-state index contributed by atoms with van der Waals surface area (Å²) in [4.78, 5) is 0. The molecule has 1 heterocycles. The molecule has 0 amide bonds. The van der Waals surface area contributed by atoms with Crippen molar-refractivity contribution in [3.05, 3.63) is 30.0 Å². The first kappa shape index (κ1) is 13.5. The second-order valence-corrected chi connectivity index (χ2v) is 5.32. The van der Waals surface area contributed by atoms with E-state index in [0.717, 1.165) is 29.0 Å². The molecule has 0 unspecified atom stereocenters. The Hall–Kier alpha value is -1.97. The third-order valence-corrected chi connectivity index (χ3v) is 3.73. The van der Waals surface area contributed by atoms with Gasteiger partial charge in [0.25, 0.3) is 0 Å². The van der Waals surface area contributed by atoms with Crippen molar-refractivity contribution in [2.75, 3.05) is 12.8 Å². The maximum Gasteiger partial charge on any atom is 0.153 e. The van der Waals surface area contributed by atoms with Crippen LogP contribution < -0.4 is 10.5 Å². The van der Waals surface area contributed by atoms with Crippen LogP contribution in [0.25, 0.3) is 11.1 Å². The van der Waals surface area contributed by atoms with Crippen molar-refractivity contribution >= 4 is 5.82 Å². The molecular formula is C15H21N3O. The largest absolute Gasteiger partial charge is 0.497 e. The van der Waals surface area contributed by atoms with Crippen molar-refractivity contribution in [2.24, 2.45) is 0 Å². The first-order chi connectivity index (χ1) is 8.99. The zero-order chi connectivity index (χ0) is 14.0. The maximum atomic E-state index is 6.02. The molecule has 0 aliphatic heterocycles. The average Bonchev–Trinajstić information content (AvgIpc) is 2.81. The van der Waals surface area contributed by atoms with Crippen molar-refractivity contribution < 1.29 is 4.74 Å². The second-order valence-electron chi connectivity index (χ2n) is 5.32. The summed E-state index contributed by atoms with van der Waals surface area (Å²) in [5.74, 6) is 1.38. The summed E-state index contributed by atoms with van der Waals surface area (Å²) in [7, 11) is 1.66. The fourth-order valence-corrected chi connectivity index (χ4v) is 2.07. The maximum absolute atomic E-state index is 6.02. The number of rotatable bonds is 4. The number of aromatic amines is 1. The molecule has 2 aromatic rings. The van der Waals surface area contributed by atoms with Crippen LogP contribution in [-0.2, 0) is 5.41 Å². The first-order valence-electron chi connectivity index (χ1n) is 6.48. The van der Waals surface area contributed by atoms with Gasteiger partial charge in [-0.2, -0.15) is 5.10 Å². The van der Waals surface area contributed by atoms with Gasteiger partial charge in [0, 0.05) is 11.0 Å². The van der Waals surface area contributed by atoms with Gasteiger partial charge in [-0.15, -0.1) is 0 Å². The van der Waals surface area contributed by atoms with E-state index in [1.807, 2.05) is 24.3 Å². The number of hydrogen-bond acceptors (Lipinski definition) is 3. The Labute approximate surface area is 114 Å². The lowest BCUT2D eigenvalue weighted by Gasteiger charge is -2.22. The normalized spacial score (nSPS) is 11.6. The molecule has 2 rings (SSSR count). The van der Waals surface area contributed by atoms with Crippen molar-refractivity contribution in [3.8, 4) is 16.9 Å². The Morgan fingerprint density at radius 2 is 1.89 bits per heavy atom. The van der Waals surface area contributed by atoms with Crippen molar-refractivity contribution in [1.29, 1.82) is 0 Å². The van der Waals surface area contributed by atoms with E-state index >= 15 is 0 Å². The van der Waals surface area contributed by atoms with E-state index in [1.54, 1.807) is 7.11 Å². The number of nitrogens with zero attached hydrogens (tertiary/aromatic N) is 1. The van der Waals surface area contributed by atoms with Gasteiger partial charge in [-0.05, 0) is 24.1 Å². The lowest BCUT2D eigenvalue weighted by atomic mass is 9.83. The summed E-state index contributed by atoms with van der Waals surface area (Å²) in [6, 6.07) is 7.89. The number of aromatic nitrogens is 2. The predicted octanol–water partition coefficient (Wildman–Crippen LogP) is 3.36. The molecule has 4 heteroatoms. The van der Waals surface area contributed by atoms with Gasteiger partial charge >= 0.3 is 0 Å². The van der Waals surface area contributed by atoms with Gasteiger partial charge in [-0.3, -0.25) is 5.10 Å². The van der Waals surface area contributed by atoms with Gasteiger partial charge in [-0.1, -0.05) is 32.9 Å². The first-order valence-corrected chi connectivity index (χ1v) is 6.48. The minimum Gasteiger partial charge on any atom is -0.497 e. The molecule has 4 nitrogen and oxygen atoms in total. The molecule has 0 radical (unpaired) electrons. The van der Waals surface area contributed by atoms with E-state index in [0.29, 0.717) is 5.82 Å². The molecule has 0 saturated carbocycles. The van der Waals surface area contributed by atoms with E-state index in [4.69, 9.17) is 10.5 Å². The number of nitrogens with two attached hydrogens (primary N) is 1. The monoisotopic (exact) mass is 259 g/mol. The third-order valence-electron chi connectivity index (χ3n) is 3.73. The zero-order valence-corrected chi connectivity index (χ0v) is 11.9. The number of ether oxygens (including phenoxy) is 1. The van der Waals surface area contributed by atoms with Gasteiger partial charge in [0.2, 0.25) is 0 Å². The fraction of sp³-hybridized carbons (Fsp3) is 0.400. The van der Waals surface area contributed by atoms with Crippen molar-refractivity contribution in [1.82, 2.24) is 10.2 Å². The highest BCUT2D eigenvalue weighted by Gasteiger charge is 2.26. The van der Waals surface area contributed by atoms with Crippen molar-refractivity contribution in [2.45, 2.75) is 32.6 Å². The smallest absolute Gasteiger partial charge is 0.153 e. The molecule has 1 aromatic carbocycles. The quantitative estimate of drug-likeness (QED) is 0.885. The summed E-state index contributed by atoms with van der Waals surface area (Å²) in [6.07, 6.45) is 1.01. The predicted molar refractivity (Wildman–Crippen MR) is 78.3 cm³/mol. The summed E-state index contributed by atoms with van der Waals surface area (Å²) in [5, 5.41) is 7.26. The summed E-state index contributed by atoms with van der Waals surface area (Å²) < 4.78 is 5.18. The summed E-state index contributed by atoms with van der Waals surface area (Å²) in [5.41, 5.74) is 9.17. The minimum absolute atomic E-state index is 0.0138. The molecule has 0 saturated heterocycles. The number of methoxy groups -OCH3 is 1. The van der Waals surface area contributed by atoms with E-state index in [9.17, 15) is 0 Å². The van der Waals surface area contributed by atoms with Crippen LogP contribution in [0.15, 0.2) is 24.3 Å². The molecule has 0 aliphatic rings. The molecule has 3 N–H and O–H groups in total. The van der Waals surface area contributed by atoms with Crippen LogP contribution >= 0.6 is 0 Å². The van der Waals surface area contributed by atoms with E-state index in [-0.39, 0.29) is 5.41 Å². The highest BCUT2D eigenvalue weighted by atomic mass is 16.5. The number of nitrogens with one attached hydrogen (secondary N) is 1. The van der Waals surface area contributed by atoms with Crippen LogP contribution in [0.5, 0.6) is 5.75 Å². The molecule has 0 fully saturated rings. The molecule has 0 bridgehead atoms. The standard InChI is InChI=1S/C15H21N3O/c1-5-15(2,3)13-12(14(16)18-17-13)10-6-8-11(19-4)9-7-10/h6-9H,5H2,1-4H3,(H3,16,17,18). The number of benzene rings is 1. The van der Waals surface area contributed by atoms with Crippen LogP contribution in [0.3, 0.4) is 0 Å². The molecule has 19 heavy (non-hydrogen) atoms. The Balaban J connectivity index is 2.52. The molecule has 0 atom stereocenters. The van der Waals surface area contributed by atoms with Gasteiger partial charge in [-0.25, -0.2) is 0 Å². The summed E-state index contributed by atoms with van der Waals surface area (Å²) >= 11 is 0.